The zero-order valence-electron chi connectivity index (χ0n) is 16.5. The van der Waals surface area contributed by atoms with Crippen LogP contribution in [0.3, 0.4) is 0 Å². The summed E-state index contributed by atoms with van der Waals surface area (Å²) in [7, 11) is 0. The first-order chi connectivity index (χ1) is 14.3. The SMILES string of the molecule is Cc1cc(C=Cc2ccc(-c3ccccc3)cc2)n2c1c(CCN)c1[n+]2=CC=C1. The fourth-order valence-corrected chi connectivity index (χ4v) is 4.26. The molecule has 0 amide bonds. The van der Waals surface area contributed by atoms with Gasteiger partial charge in [-0.1, -0.05) is 65.0 Å². The van der Waals surface area contributed by atoms with Crippen LogP contribution >= 0.6 is 0 Å². The van der Waals surface area contributed by atoms with Gasteiger partial charge in [0.25, 0.3) is 0 Å². The van der Waals surface area contributed by atoms with Crippen molar-refractivity contribution in [3.05, 3.63) is 101 Å². The molecule has 0 fully saturated rings. The molecule has 0 saturated carbocycles. The number of nitrogens with zero attached hydrogens (tertiary/aromatic N) is 2. The average Bonchev–Trinajstić information content (AvgIpc) is 3.42. The van der Waals surface area contributed by atoms with Crippen molar-refractivity contribution in [3.8, 4) is 11.1 Å². The third kappa shape index (κ3) is 3.00. The van der Waals surface area contributed by atoms with E-state index in [0.29, 0.717) is 6.54 Å². The van der Waals surface area contributed by atoms with Crippen molar-refractivity contribution in [1.29, 1.82) is 0 Å². The highest BCUT2D eigenvalue weighted by Gasteiger charge is 2.26. The molecule has 0 saturated heterocycles. The molecule has 3 heteroatoms. The van der Waals surface area contributed by atoms with E-state index in [0.717, 1.165) is 6.42 Å². The van der Waals surface area contributed by atoms with Gasteiger partial charge in [-0.3, -0.25) is 0 Å². The van der Waals surface area contributed by atoms with Crippen LogP contribution in [0.4, 0.5) is 0 Å². The van der Waals surface area contributed by atoms with Crippen LogP contribution in [0.5, 0.6) is 0 Å². The smallest absolute Gasteiger partial charge is 0.242 e. The van der Waals surface area contributed by atoms with Crippen molar-refractivity contribution in [2.45, 2.75) is 13.3 Å². The minimum absolute atomic E-state index is 0.657. The first kappa shape index (κ1) is 17.7. The van der Waals surface area contributed by atoms with Crippen LogP contribution in [0.15, 0.2) is 66.7 Å². The van der Waals surface area contributed by atoms with E-state index in [1.54, 1.807) is 0 Å². The number of hydrogen-bond acceptors (Lipinski definition) is 1. The van der Waals surface area contributed by atoms with Gasteiger partial charge in [0, 0.05) is 12.2 Å². The van der Waals surface area contributed by atoms with Crippen LogP contribution in [0.1, 0.15) is 28.1 Å². The predicted octanol–water partition coefficient (Wildman–Crippen LogP) is 4.63. The Morgan fingerprint density at radius 2 is 1.72 bits per heavy atom. The van der Waals surface area contributed by atoms with E-state index in [1.807, 2.05) is 6.07 Å². The third-order valence-corrected chi connectivity index (χ3v) is 5.59. The van der Waals surface area contributed by atoms with E-state index in [2.05, 4.69) is 101 Å². The molecule has 5 rings (SSSR count). The second-order valence-electron chi connectivity index (χ2n) is 7.49. The van der Waals surface area contributed by atoms with Crippen LogP contribution in [0.2, 0.25) is 0 Å². The molecule has 4 aromatic rings. The van der Waals surface area contributed by atoms with Gasteiger partial charge in [0.15, 0.2) is 0 Å². The van der Waals surface area contributed by atoms with E-state index in [1.165, 1.54) is 44.7 Å². The predicted molar refractivity (Wildman–Crippen MR) is 120 cm³/mol. The molecular weight excluding hydrogens is 354 g/mol. The van der Waals surface area contributed by atoms with Gasteiger partial charge in [-0.25, -0.2) is 0 Å². The van der Waals surface area contributed by atoms with Crippen molar-refractivity contribution in [1.82, 2.24) is 4.52 Å². The van der Waals surface area contributed by atoms with Gasteiger partial charge >= 0.3 is 0 Å². The Kier molecular flexibility index (Phi) is 4.38. The van der Waals surface area contributed by atoms with E-state index in [9.17, 15) is 0 Å². The molecule has 1 aliphatic rings. The Morgan fingerprint density at radius 1 is 0.966 bits per heavy atom. The Hall–Kier alpha value is -3.43. The molecule has 3 nitrogen and oxygen atoms in total. The van der Waals surface area contributed by atoms with Crippen LogP contribution < -0.4 is 10.1 Å². The number of benzene rings is 2. The second-order valence-corrected chi connectivity index (χ2v) is 7.49. The molecule has 1 aliphatic heterocycles. The molecule has 0 bridgehead atoms. The molecule has 0 atom stereocenters. The van der Waals surface area contributed by atoms with Gasteiger partial charge in [0.05, 0.1) is 5.56 Å². The van der Waals surface area contributed by atoms with Crippen LogP contribution in [0.25, 0.3) is 34.9 Å². The van der Waals surface area contributed by atoms with Crippen molar-refractivity contribution >= 4 is 23.7 Å². The maximum Gasteiger partial charge on any atom is 0.242 e. The molecule has 2 aromatic heterocycles. The minimum atomic E-state index is 0.657. The number of aryl methyl sites for hydroxylation is 1. The molecule has 2 aromatic carbocycles. The van der Waals surface area contributed by atoms with E-state index in [4.69, 9.17) is 5.73 Å². The van der Waals surface area contributed by atoms with Crippen LogP contribution in [-0.4, -0.2) is 11.1 Å². The normalized spacial score (nSPS) is 12.8. The summed E-state index contributed by atoms with van der Waals surface area (Å²) in [5.74, 6) is 0. The van der Waals surface area contributed by atoms with Crippen molar-refractivity contribution in [2.75, 3.05) is 6.54 Å². The summed E-state index contributed by atoms with van der Waals surface area (Å²) in [5, 5.41) is 0. The zero-order chi connectivity index (χ0) is 19.8. The molecule has 0 radical (unpaired) electrons. The molecule has 0 aliphatic carbocycles. The molecule has 3 heterocycles. The summed E-state index contributed by atoms with van der Waals surface area (Å²) in [6.45, 7) is 2.84. The summed E-state index contributed by atoms with van der Waals surface area (Å²) in [6.07, 6.45) is 11.7. The van der Waals surface area contributed by atoms with Crippen LogP contribution in [-0.2, 0) is 6.42 Å². The van der Waals surface area contributed by atoms with Gasteiger partial charge in [-0.05, 0) is 54.3 Å². The molecule has 2 N–H and O–H groups in total. The summed E-state index contributed by atoms with van der Waals surface area (Å²) < 4.78 is 4.52. The average molecular weight is 378 g/mol. The molecular formula is C26H24N3+. The molecule has 0 spiro atoms. The lowest BCUT2D eigenvalue weighted by molar-refractivity contribution is -0.583. The number of aromatic nitrogens is 2. The Labute approximate surface area is 170 Å². The van der Waals surface area contributed by atoms with Gasteiger partial charge in [0.2, 0.25) is 11.9 Å². The fourth-order valence-electron chi connectivity index (χ4n) is 4.26. The molecule has 29 heavy (non-hydrogen) atoms. The summed E-state index contributed by atoms with van der Waals surface area (Å²) in [5.41, 5.74) is 15.9. The lowest BCUT2D eigenvalue weighted by Crippen LogP contribution is -2.24. The van der Waals surface area contributed by atoms with Gasteiger partial charge in [-0.15, -0.1) is 4.52 Å². The summed E-state index contributed by atoms with van der Waals surface area (Å²) in [6, 6.07) is 21.4. The highest BCUT2D eigenvalue weighted by molar-refractivity contribution is 5.76. The second kappa shape index (κ2) is 7.19. The lowest BCUT2D eigenvalue weighted by atomic mass is 10.0. The first-order valence-corrected chi connectivity index (χ1v) is 10.1. The summed E-state index contributed by atoms with van der Waals surface area (Å²) in [4.78, 5) is 0. The zero-order valence-corrected chi connectivity index (χ0v) is 16.5. The number of rotatable bonds is 5. The maximum absolute atomic E-state index is 5.88. The van der Waals surface area contributed by atoms with Gasteiger partial charge < -0.3 is 5.73 Å². The van der Waals surface area contributed by atoms with E-state index < -0.39 is 0 Å². The molecule has 142 valence electrons. The highest BCUT2D eigenvalue weighted by Crippen LogP contribution is 2.26. The van der Waals surface area contributed by atoms with Crippen molar-refractivity contribution < 1.29 is 4.36 Å². The van der Waals surface area contributed by atoms with Crippen molar-refractivity contribution in [3.63, 3.8) is 0 Å². The van der Waals surface area contributed by atoms with Crippen molar-refractivity contribution in [2.24, 2.45) is 5.73 Å². The monoisotopic (exact) mass is 378 g/mol. The van der Waals surface area contributed by atoms with E-state index in [-0.39, 0.29) is 0 Å². The van der Waals surface area contributed by atoms with Gasteiger partial charge in [-0.2, -0.15) is 0 Å². The topological polar surface area (TPSA) is 36.3 Å². The van der Waals surface area contributed by atoms with Gasteiger partial charge in [0.1, 0.15) is 11.2 Å². The lowest BCUT2D eigenvalue weighted by Gasteiger charge is -2.01. The molecule has 0 unspecified atom stereocenters. The minimum Gasteiger partial charge on any atom is -0.330 e. The Morgan fingerprint density at radius 3 is 2.48 bits per heavy atom. The Balaban J connectivity index is 1.51. The first-order valence-electron chi connectivity index (χ1n) is 10.1. The number of allylic oxidation sites excluding steroid dienone is 1. The highest BCUT2D eigenvalue weighted by atomic mass is 15.3. The number of nitrogens with two attached hydrogens (primary N) is 1. The fraction of sp³-hybridized carbons (Fsp3) is 0.115. The van der Waals surface area contributed by atoms with Crippen LogP contribution in [0, 0.1) is 13.1 Å². The van der Waals surface area contributed by atoms with E-state index >= 15 is 0 Å². The maximum atomic E-state index is 5.88. The standard InChI is InChI=1S/C26H24N3/c1-19-18-23(29-26(19)24(15-16-27)25-8-5-17-28(25)29)14-11-20-9-12-22(13-10-20)21-6-3-2-4-7-21/h2-14,17-18H,15-16,27H2,1H3/q+1. The number of hydrogen-bond donors (Lipinski definition) is 1. The third-order valence-electron chi connectivity index (χ3n) is 5.59. The summed E-state index contributed by atoms with van der Waals surface area (Å²) >= 11 is 0. The number of fused-ring (bicyclic) bond motifs is 3. The largest absolute Gasteiger partial charge is 0.330 e. The quantitative estimate of drug-likeness (QED) is 0.505. The Bertz CT molecular complexity index is 1290.